The van der Waals surface area contributed by atoms with Crippen LogP contribution < -0.4 is 15.5 Å². The molecule has 1 fully saturated rings. The monoisotopic (exact) mass is 394 g/mol. The molecule has 1 saturated heterocycles. The van der Waals surface area contributed by atoms with Crippen LogP contribution in [0.15, 0.2) is 59.6 Å². The summed E-state index contributed by atoms with van der Waals surface area (Å²) in [5, 5.41) is 6.92. The van der Waals surface area contributed by atoms with E-state index in [4.69, 9.17) is 9.73 Å². The quantitative estimate of drug-likeness (QED) is 0.557. The smallest absolute Gasteiger partial charge is 0.191 e. The van der Waals surface area contributed by atoms with Crippen LogP contribution in [0.3, 0.4) is 0 Å². The van der Waals surface area contributed by atoms with E-state index in [0.29, 0.717) is 6.54 Å². The highest BCUT2D eigenvalue weighted by Gasteiger charge is 2.20. The van der Waals surface area contributed by atoms with Crippen molar-refractivity contribution in [3.63, 3.8) is 0 Å². The van der Waals surface area contributed by atoms with Crippen molar-refractivity contribution in [3.05, 3.63) is 65.7 Å². The summed E-state index contributed by atoms with van der Waals surface area (Å²) in [6.45, 7) is 12.4. The second-order valence-corrected chi connectivity index (χ2v) is 8.03. The Hall–Kier alpha value is -2.53. The van der Waals surface area contributed by atoms with Crippen LogP contribution in [0.1, 0.15) is 31.9 Å². The molecule has 0 saturated carbocycles. The fourth-order valence-electron chi connectivity index (χ4n) is 3.56. The van der Waals surface area contributed by atoms with Crippen molar-refractivity contribution in [2.45, 2.75) is 32.7 Å². The first kappa shape index (κ1) is 21.2. The Labute approximate surface area is 175 Å². The average molecular weight is 395 g/mol. The number of guanidine groups is 1. The largest absolute Gasteiger partial charge is 0.378 e. The van der Waals surface area contributed by atoms with Gasteiger partial charge in [0.25, 0.3) is 0 Å². The van der Waals surface area contributed by atoms with Gasteiger partial charge in [0.05, 0.1) is 19.8 Å². The van der Waals surface area contributed by atoms with E-state index in [-0.39, 0.29) is 5.41 Å². The topological polar surface area (TPSA) is 48.9 Å². The number of anilines is 1. The molecule has 0 bridgehead atoms. The predicted molar refractivity (Wildman–Crippen MR) is 122 cm³/mol. The molecule has 5 nitrogen and oxygen atoms in total. The van der Waals surface area contributed by atoms with E-state index in [1.54, 1.807) is 0 Å². The Kier molecular flexibility index (Phi) is 7.53. The molecule has 2 N–H and O–H groups in total. The Morgan fingerprint density at radius 2 is 1.69 bits per heavy atom. The van der Waals surface area contributed by atoms with Crippen molar-refractivity contribution in [1.82, 2.24) is 10.6 Å². The standard InChI is InChI=1S/C24H34N4O/c1-4-25-23(27-19-24(2,3)21-11-6-5-7-12-21)26-18-20-10-8-9-13-22(20)28-14-16-29-17-15-28/h5-13H,4,14-19H2,1-3H3,(H2,25,26,27). The van der Waals surface area contributed by atoms with E-state index in [1.807, 2.05) is 0 Å². The number of benzene rings is 2. The van der Waals surface area contributed by atoms with Crippen molar-refractivity contribution >= 4 is 11.6 Å². The van der Waals surface area contributed by atoms with Crippen molar-refractivity contribution in [3.8, 4) is 0 Å². The molecular weight excluding hydrogens is 360 g/mol. The predicted octanol–water partition coefficient (Wildman–Crippen LogP) is 3.56. The summed E-state index contributed by atoms with van der Waals surface area (Å²) in [7, 11) is 0. The highest BCUT2D eigenvalue weighted by Crippen LogP contribution is 2.23. The third-order valence-corrected chi connectivity index (χ3v) is 5.35. The van der Waals surface area contributed by atoms with Crippen LogP contribution in [0.4, 0.5) is 5.69 Å². The maximum atomic E-state index is 5.50. The number of hydrogen-bond acceptors (Lipinski definition) is 3. The maximum absolute atomic E-state index is 5.50. The minimum Gasteiger partial charge on any atom is -0.378 e. The summed E-state index contributed by atoms with van der Waals surface area (Å²) in [5.74, 6) is 0.855. The molecular formula is C24H34N4O. The van der Waals surface area contributed by atoms with Crippen LogP contribution in [0.2, 0.25) is 0 Å². The zero-order chi connectivity index (χ0) is 20.5. The van der Waals surface area contributed by atoms with Gasteiger partial charge in [-0.2, -0.15) is 0 Å². The highest BCUT2D eigenvalue weighted by molar-refractivity contribution is 5.80. The molecule has 1 aliphatic heterocycles. The minimum atomic E-state index is 0.0170. The van der Waals surface area contributed by atoms with Crippen LogP contribution >= 0.6 is 0 Å². The zero-order valence-electron chi connectivity index (χ0n) is 17.9. The molecule has 29 heavy (non-hydrogen) atoms. The normalized spacial score (nSPS) is 15.3. The number of nitrogens with one attached hydrogen (secondary N) is 2. The van der Waals surface area contributed by atoms with Crippen molar-refractivity contribution in [2.24, 2.45) is 4.99 Å². The summed E-state index contributed by atoms with van der Waals surface area (Å²) in [6.07, 6.45) is 0. The Bertz CT molecular complexity index is 782. The summed E-state index contributed by atoms with van der Waals surface area (Å²) in [4.78, 5) is 7.27. The van der Waals surface area contributed by atoms with E-state index >= 15 is 0 Å². The average Bonchev–Trinajstić information content (AvgIpc) is 2.77. The number of aliphatic imine (C=N–C) groups is 1. The van der Waals surface area contributed by atoms with Gasteiger partial charge in [-0.15, -0.1) is 0 Å². The SMILES string of the molecule is CCNC(=NCc1ccccc1N1CCOCC1)NCC(C)(C)c1ccccc1. The van der Waals surface area contributed by atoms with Gasteiger partial charge in [0.2, 0.25) is 0 Å². The van der Waals surface area contributed by atoms with Gasteiger partial charge in [-0.1, -0.05) is 62.4 Å². The van der Waals surface area contributed by atoms with Gasteiger partial charge in [0.15, 0.2) is 5.96 Å². The lowest BCUT2D eigenvalue weighted by molar-refractivity contribution is 0.122. The van der Waals surface area contributed by atoms with Crippen LogP contribution in [-0.2, 0) is 16.7 Å². The van der Waals surface area contributed by atoms with Gasteiger partial charge < -0.3 is 20.3 Å². The Morgan fingerprint density at radius 3 is 2.41 bits per heavy atom. The van der Waals surface area contributed by atoms with Gasteiger partial charge in [-0.05, 0) is 24.1 Å². The van der Waals surface area contributed by atoms with Crippen molar-refractivity contribution < 1.29 is 4.74 Å². The first-order chi connectivity index (χ1) is 14.1. The minimum absolute atomic E-state index is 0.0170. The molecule has 0 spiro atoms. The van der Waals surface area contributed by atoms with E-state index in [9.17, 15) is 0 Å². The summed E-state index contributed by atoms with van der Waals surface area (Å²) in [6, 6.07) is 19.2. The van der Waals surface area contributed by atoms with Gasteiger partial charge in [0, 0.05) is 37.3 Å². The van der Waals surface area contributed by atoms with Crippen molar-refractivity contribution in [2.75, 3.05) is 44.3 Å². The molecule has 2 aromatic rings. The fraction of sp³-hybridized carbons (Fsp3) is 0.458. The third-order valence-electron chi connectivity index (χ3n) is 5.35. The zero-order valence-corrected chi connectivity index (χ0v) is 17.9. The Morgan fingerprint density at radius 1 is 1.00 bits per heavy atom. The second kappa shape index (κ2) is 10.3. The molecule has 3 rings (SSSR count). The lowest BCUT2D eigenvalue weighted by atomic mass is 9.85. The van der Waals surface area contributed by atoms with E-state index < -0.39 is 0 Å². The lowest BCUT2D eigenvalue weighted by Crippen LogP contribution is -2.43. The number of para-hydroxylation sites is 1. The van der Waals surface area contributed by atoms with Crippen molar-refractivity contribution in [1.29, 1.82) is 0 Å². The molecule has 0 atom stereocenters. The van der Waals surface area contributed by atoms with Gasteiger partial charge in [-0.25, -0.2) is 4.99 Å². The number of morpholine rings is 1. The molecule has 1 heterocycles. The van der Waals surface area contributed by atoms with E-state index in [1.165, 1.54) is 16.8 Å². The third kappa shape index (κ3) is 5.97. The van der Waals surface area contributed by atoms with Gasteiger partial charge in [-0.3, -0.25) is 0 Å². The van der Waals surface area contributed by atoms with Crippen LogP contribution in [0, 0.1) is 0 Å². The molecule has 0 unspecified atom stereocenters. The van der Waals surface area contributed by atoms with Crippen LogP contribution in [0.25, 0.3) is 0 Å². The summed E-state index contributed by atoms with van der Waals surface area (Å²) < 4.78 is 5.50. The highest BCUT2D eigenvalue weighted by atomic mass is 16.5. The van der Waals surface area contributed by atoms with Crippen LogP contribution in [0.5, 0.6) is 0 Å². The van der Waals surface area contributed by atoms with Gasteiger partial charge >= 0.3 is 0 Å². The Balaban J connectivity index is 1.68. The van der Waals surface area contributed by atoms with Crippen LogP contribution in [-0.4, -0.2) is 45.4 Å². The summed E-state index contributed by atoms with van der Waals surface area (Å²) >= 11 is 0. The molecule has 2 aromatic carbocycles. The fourth-order valence-corrected chi connectivity index (χ4v) is 3.56. The summed E-state index contributed by atoms with van der Waals surface area (Å²) in [5.41, 5.74) is 3.85. The molecule has 0 aromatic heterocycles. The number of hydrogen-bond donors (Lipinski definition) is 2. The molecule has 0 amide bonds. The molecule has 156 valence electrons. The number of nitrogens with zero attached hydrogens (tertiary/aromatic N) is 2. The van der Waals surface area contributed by atoms with E-state index in [2.05, 4.69) is 90.9 Å². The number of ether oxygens (including phenoxy) is 1. The molecule has 0 aliphatic carbocycles. The second-order valence-electron chi connectivity index (χ2n) is 8.03. The first-order valence-electron chi connectivity index (χ1n) is 10.6. The number of rotatable bonds is 7. The first-order valence-corrected chi connectivity index (χ1v) is 10.6. The molecule has 5 heteroatoms. The van der Waals surface area contributed by atoms with E-state index in [0.717, 1.165) is 45.4 Å². The maximum Gasteiger partial charge on any atom is 0.191 e. The van der Waals surface area contributed by atoms with Gasteiger partial charge in [0.1, 0.15) is 0 Å². The lowest BCUT2D eigenvalue weighted by Gasteiger charge is -2.30. The molecule has 0 radical (unpaired) electrons. The molecule has 1 aliphatic rings.